The number of aliphatic hydroxyl groups excluding tert-OH is 1. The van der Waals surface area contributed by atoms with Crippen LogP contribution < -0.4 is 5.73 Å². The smallest absolute Gasteiger partial charge is 0.248 e. The van der Waals surface area contributed by atoms with Crippen LogP contribution in [0, 0.1) is 5.82 Å². The molecule has 4 rings (SSSR count). The number of halogens is 1. The Kier molecular flexibility index (Phi) is 7.40. The highest BCUT2D eigenvalue weighted by Gasteiger charge is 2.41. The Labute approximate surface area is 194 Å². The first-order chi connectivity index (χ1) is 16.0. The number of carbonyl (C=O) groups is 2. The molecule has 2 heterocycles. The van der Waals surface area contributed by atoms with Crippen LogP contribution in [0.25, 0.3) is 0 Å². The summed E-state index contributed by atoms with van der Waals surface area (Å²) in [7, 11) is 0. The van der Waals surface area contributed by atoms with Crippen LogP contribution in [-0.2, 0) is 11.2 Å². The summed E-state index contributed by atoms with van der Waals surface area (Å²) >= 11 is 0. The summed E-state index contributed by atoms with van der Waals surface area (Å²) in [6.07, 6.45) is 4.70. The van der Waals surface area contributed by atoms with Gasteiger partial charge in [0.15, 0.2) is 0 Å². The monoisotopic (exact) mass is 453 g/mol. The molecular weight excluding hydrogens is 421 g/mol. The molecule has 2 aliphatic heterocycles. The first kappa shape index (κ1) is 23.4. The first-order valence-electron chi connectivity index (χ1n) is 11.7. The van der Waals surface area contributed by atoms with Gasteiger partial charge in [0, 0.05) is 37.3 Å². The third-order valence-electron chi connectivity index (χ3n) is 7.23. The van der Waals surface area contributed by atoms with Gasteiger partial charge in [-0.05, 0) is 67.3 Å². The number of amides is 2. The Balaban J connectivity index is 1.38. The highest BCUT2D eigenvalue weighted by molar-refractivity contribution is 5.94. The van der Waals surface area contributed by atoms with E-state index in [0.717, 1.165) is 43.4 Å². The number of benzene rings is 2. The molecule has 2 fully saturated rings. The third-order valence-corrected chi connectivity index (χ3v) is 7.23. The number of carbonyl (C=O) groups excluding carboxylic acids is 2. The fraction of sp³-hybridized carbons (Fsp3) is 0.462. The van der Waals surface area contributed by atoms with E-state index in [1.165, 1.54) is 12.1 Å². The van der Waals surface area contributed by atoms with E-state index in [9.17, 15) is 19.1 Å². The van der Waals surface area contributed by atoms with Crippen molar-refractivity contribution in [3.05, 3.63) is 71.0 Å². The van der Waals surface area contributed by atoms with Crippen LogP contribution in [0.3, 0.4) is 0 Å². The molecule has 6 nitrogen and oxygen atoms in total. The summed E-state index contributed by atoms with van der Waals surface area (Å²) in [4.78, 5) is 28.4. The maximum atomic E-state index is 13.5. The van der Waals surface area contributed by atoms with Crippen LogP contribution in [0.2, 0.25) is 0 Å². The summed E-state index contributed by atoms with van der Waals surface area (Å²) < 4.78 is 13.5. The molecule has 0 spiro atoms. The lowest BCUT2D eigenvalue weighted by Gasteiger charge is -2.40. The van der Waals surface area contributed by atoms with Gasteiger partial charge in [-0.25, -0.2) is 4.39 Å². The minimum absolute atomic E-state index is 0.287. The topological polar surface area (TPSA) is 86.9 Å². The van der Waals surface area contributed by atoms with E-state index in [-0.39, 0.29) is 17.6 Å². The Hall–Kier alpha value is -2.77. The van der Waals surface area contributed by atoms with Crippen LogP contribution in [-0.4, -0.2) is 65.0 Å². The molecule has 176 valence electrons. The molecule has 2 amide bonds. The molecule has 2 atom stereocenters. The third kappa shape index (κ3) is 5.42. The van der Waals surface area contributed by atoms with Crippen molar-refractivity contribution >= 4 is 11.8 Å². The van der Waals surface area contributed by atoms with Crippen LogP contribution in [0.4, 0.5) is 4.39 Å². The molecular formula is C26H32FN3O3. The summed E-state index contributed by atoms with van der Waals surface area (Å²) in [5.74, 6) is -0.656. The van der Waals surface area contributed by atoms with Crippen LogP contribution in [0.15, 0.2) is 48.5 Å². The van der Waals surface area contributed by atoms with Crippen molar-refractivity contribution in [3.8, 4) is 0 Å². The standard InChI is InChI=1S/C26H32FN3O3/c27-20-5-3-4-18(14-20)10-11-29(25(32)17-31)12-13-30-21-8-9-22(30)16-19(15-21)23-6-1-2-7-24(23)26(28)33/h1-7,14,19,21-22,31H,8-13,15-17H2,(H2,28,33). The van der Waals surface area contributed by atoms with Crippen molar-refractivity contribution in [1.82, 2.24) is 9.80 Å². The lowest BCUT2D eigenvalue weighted by atomic mass is 9.82. The molecule has 2 aliphatic rings. The van der Waals surface area contributed by atoms with Gasteiger partial charge in [0.25, 0.3) is 0 Å². The lowest BCUT2D eigenvalue weighted by Crippen LogP contribution is -2.47. The lowest BCUT2D eigenvalue weighted by molar-refractivity contribution is -0.134. The highest BCUT2D eigenvalue weighted by atomic mass is 19.1. The SMILES string of the molecule is NC(=O)c1ccccc1C1CC2CCC(C1)N2CCN(CCc1cccc(F)c1)C(=O)CO. The number of nitrogens with zero attached hydrogens (tertiary/aromatic N) is 2. The molecule has 2 saturated heterocycles. The zero-order valence-corrected chi connectivity index (χ0v) is 18.8. The van der Waals surface area contributed by atoms with E-state index in [2.05, 4.69) is 4.90 Å². The van der Waals surface area contributed by atoms with Crippen molar-refractivity contribution in [2.45, 2.75) is 50.1 Å². The van der Waals surface area contributed by atoms with Crippen molar-refractivity contribution in [2.24, 2.45) is 5.73 Å². The van der Waals surface area contributed by atoms with E-state index in [1.807, 2.05) is 30.3 Å². The molecule has 2 aromatic rings. The maximum absolute atomic E-state index is 13.5. The summed E-state index contributed by atoms with van der Waals surface area (Å²) in [6.45, 7) is 1.20. The quantitative estimate of drug-likeness (QED) is 0.611. The molecule has 0 aliphatic carbocycles. The molecule has 7 heteroatoms. The van der Waals surface area contributed by atoms with Gasteiger partial charge < -0.3 is 15.7 Å². The Morgan fingerprint density at radius 3 is 2.45 bits per heavy atom. The molecule has 0 saturated carbocycles. The van der Waals surface area contributed by atoms with Gasteiger partial charge in [-0.15, -0.1) is 0 Å². The summed E-state index contributed by atoms with van der Waals surface area (Å²) in [5.41, 5.74) is 8.11. The fourth-order valence-electron chi connectivity index (χ4n) is 5.62. The summed E-state index contributed by atoms with van der Waals surface area (Å²) in [6, 6.07) is 14.9. The number of primary amides is 1. The van der Waals surface area contributed by atoms with Gasteiger partial charge in [0.05, 0.1) is 0 Å². The van der Waals surface area contributed by atoms with Gasteiger partial charge in [0.2, 0.25) is 11.8 Å². The average Bonchev–Trinajstić information content (AvgIpc) is 3.05. The largest absolute Gasteiger partial charge is 0.387 e. The molecule has 2 aromatic carbocycles. The second-order valence-corrected chi connectivity index (χ2v) is 9.16. The van der Waals surface area contributed by atoms with E-state index < -0.39 is 6.61 Å². The van der Waals surface area contributed by atoms with Gasteiger partial charge >= 0.3 is 0 Å². The Morgan fingerprint density at radius 2 is 1.79 bits per heavy atom. The average molecular weight is 454 g/mol. The van der Waals surface area contributed by atoms with E-state index in [4.69, 9.17) is 5.73 Å². The Morgan fingerprint density at radius 1 is 1.06 bits per heavy atom. The van der Waals surface area contributed by atoms with Crippen molar-refractivity contribution in [1.29, 1.82) is 0 Å². The van der Waals surface area contributed by atoms with Gasteiger partial charge in [0.1, 0.15) is 12.4 Å². The zero-order valence-electron chi connectivity index (χ0n) is 18.8. The Bertz CT molecular complexity index is 984. The van der Waals surface area contributed by atoms with E-state index in [1.54, 1.807) is 11.0 Å². The van der Waals surface area contributed by atoms with Crippen LogP contribution in [0.5, 0.6) is 0 Å². The summed E-state index contributed by atoms with van der Waals surface area (Å²) in [5, 5.41) is 9.43. The minimum atomic E-state index is -0.526. The number of hydrogen-bond donors (Lipinski definition) is 2. The molecule has 33 heavy (non-hydrogen) atoms. The van der Waals surface area contributed by atoms with Crippen LogP contribution >= 0.6 is 0 Å². The molecule has 3 N–H and O–H groups in total. The maximum Gasteiger partial charge on any atom is 0.248 e. The van der Waals surface area contributed by atoms with E-state index in [0.29, 0.717) is 43.1 Å². The second kappa shape index (κ2) is 10.4. The second-order valence-electron chi connectivity index (χ2n) is 9.16. The van der Waals surface area contributed by atoms with Crippen molar-refractivity contribution in [3.63, 3.8) is 0 Å². The molecule has 0 aromatic heterocycles. The predicted octanol–water partition coefficient (Wildman–Crippen LogP) is 2.70. The van der Waals surface area contributed by atoms with Gasteiger partial charge in [-0.2, -0.15) is 0 Å². The number of piperidine rings is 1. The van der Waals surface area contributed by atoms with E-state index >= 15 is 0 Å². The fourth-order valence-corrected chi connectivity index (χ4v) is 5.62. The van der Waals surface area contributed by atoms with Crippen molar-refractivity contribution < 1.29 is 19.1 Å². The van der Waals surface area contributed by atoms with Crippen LogP contribution in [0.1, 0.15) is 53.1 Å². The minimum Gasteiger partial charge on any atom is -0.387 e. The molecule has 2 unspecified atom stereocenters. The normalized spacial score (nSPS) is 22.3. The first-order valence-corrected chi connectivity index (χ1v) is 11.7. The highest BCUT2D eigenvalue weighted by Crippen LogP contribution is 2.43. The predicted molar refractivity (Wildman–Crippen MR) is 124 cm³/mol. The molecule has 0 radical (unpaired) electrons. The number of nitrogens with two attached hydrogens (primary N) is 1. The van der Waals surface area contributed by atoms with Crippen molar-refractivity contribution in [2.75, 3.05) is 26.2 Å². The number of hydrogen-bond acceptors (Lipinski definition) is 4. The number of rotatable bonds is 9. The van der Waals surface area contributed by atoms with Gasteiger partial charge in [-0.1, -0.05) is 30.3 Å². The zero-order chi connectivity index (χ0) is 23.4. The number of aliphatic hydroxyl groups is 1. The van der Waals surface area contributed by atoms with Gasteiger partial charge in [-0.3, -0.25) is 14.5 Å². The molecule has 2 bridgehead atoms. The number of fused-ring (bicyclic) bond motifs is 2.